The van der Waals surface area contributed by atoms with Crippen molar-refractivity contribution in [2.24, 2.45) is 0 Å². The first-order valence-electron chi connectivity index (χ1n) is 15.3. The minimum atomic E-state index is 0. The Labute approximate surface area is 288 Å². The molecule has 0 fully saturated rings. The van der Waals surface area contributed by atoms with Gasteiger partial charge in [0.2, 0.25) is 0 Å². The smallest absolute Gasteiger partial charge is 0 e. The molecule has 236 valence electrons. The van der Waals surface area contributed by atoms with E-state index in [0.717, 1.165) is 37.3 Å². The van der Waals surface area contributed by atoms with Gasteiger partial charge in [-0.3, -0.25) is 0 Å². The van der Waals surface area contributed by atoms with Gasteiger partial charge in [0.15, 0.2) is 0 Å². The van der Waals surface area contributed by atoms with E-state index < -0.39 is 0 Å². The van der Waals surface area contributed by atoms with E-state index in [1.54, 1.807) is 0 Å². The molecule has 0 bridgehead atoms. The minimum absolute atomic E-state index is 0. The van der Waals surface area contributed by atoms with E-state index in [9.17, 15) is 0 Å². The van der Waals surface area contributed by atoms with E-state index in [-0.39, 0.29) is 26.2 Å². The minimum Gasteiger partial charge on any atom is -0.683 e. The van der Waals surface area contributed by atoms with Crippen LogP contribution in [0.2, 0.25) is 0 Å². The fraction of sp³-hybridized carbons (Fsp3) is 0.350. The van der Waals surface area contributed by atoms with Crippen LogP contribution in [0.5, 0.6) is 0 Å². The van der Waals surface area contributed by atoms with Gasteiger partial charge in [0.05, 0.1) is 0 Å². The first-order chi connectivity index (χ1) is 20.4. The van der Waals surface area contributed by atoms with E-state index in [4.69, 9.17) is 10.6 Å². The molecule has 0 heterocycles. The van der Waals surface area contributed by atoms with Gasteiger partial charge in [-0.15, -0.1) is 48.7 Å². The molecule has 0 saturated heterocycles. The summed E-state index contributed by atoms with van der Waals surface area (Å²) < 4.78 is 0. The fourth-order valence-corrected chi connectivity index (χ4v) is 5.01. The van der Waals surface area contributed by atoms with E-state index in [1.807, 2.05) is 60.7 Å². The third-order valence-corrected chi connectivity index (χ3v) is 8.72. The maximum absolute atomic E-state index is 4.89. The second-order valence-corrected chi connectivity index (χ2v) is 11.4. The predicted octanol–water partition coefficient (Wildman–Crippen LogP) is 10.8. The first kappa shape index (κ1) is 39.1. The standard InChI is InChI=1S/C26H39N3.2C7H7.Zr/c1-15-17(3)21(7)25(22(8)18(15)4)28-13-11-27-12-14-29-26-23(9)19(5)16(2)20(6)24(26)10;2*1-7-5-3-2-4-6-7;/h27H,11-14H2,1-10H3;2*2-6H,1H2;/q-2;2*-1;. The number of nitrogens with one attached hydrogen (secondary N) is 1. The predicted molar refractivity (Wildman–Crippen MR) is 191 cm³/mol. The average Bonchev–Trinajstić information content (AvgIpc) is 3.01. The van der Waals surface area contributed by atoms with Gasteiger partial charge in [0.25, 0.3) is 0 Å². The number of rotatable bonds is 8. The maximum Gasteiger partial charge on any atom is 0 e. The van der Waals surface area contributed by atoms with Crippen LogP contribution in [0.1, 0.15) is 66.8 Å². The van der Waals surface area contributed by atoms with E-state index >= 15 is 0 Å². The summed E-state index contributed by atoms with van der Waals surface area (Å²) in [6.07, 6.45) is 0. The molecule has 0 amide bonds. The molecule has 0 radical (unpaired) electrons. The Morgan fingerprint density at radius 3 is 0.909 bits per heavy atom. The second-order valence-electron chi connectivity index (χ2n) is 11.4. The van der Waals surface area contributed by atoms with Crippen molar-refractivity contribution in [3.8, 4) is 0 Å². The van der Waals surface area contributed by atoms with Gasteiger partial charge < -0.3 is 16.0 Å². The van der Waals surface area contributed by atoms with E-state index in [0.29, 0.717) is 0 Å². The fourth-order valence-electron chi connectivity index (χ4n) is 5.01. The van der Waals surface area contributed by atoms with Crippen LogP contribution >= 0.6 is 0 Å². The molecule has 0 atom stereocenters. The van der Waals surface area contributed by atoms with Crippen LogP contribution in [0, 0.1) is 83.1 Å². The maximum atomic E-state index is 4.89. The van der Waals surface area contributed by atoms with Crippen molar-refractivity contribution in [2.75, 3.05) is 26.2 Å². The van der Waals surface area contributed by atoms with Gasteiger partial charge in [-0.1, -0.05) is 34.4 Å². The van der Waals surface area contributed by atoms with Crippen LogP contribution in [-0.4, -0.2) is 26.2 Å². The van der Waals surface area contributed by atoms with Crippen molar-refractivity contribution in [3.05, 3.63) is 152 Å². The molecule has 0 aliphatic carbocycles. The summed E-state index contributed by atoms with van der Waals surface area (Å²) >= 11 is 0. The Morgan fingerprint density at radius 1 is 0.432 bits per heavy atom. The summed E-state index contributed by atoms with van der Waals surface area (Å²) in [5.74, 6) is 0. The molecule has 0 aliphatic rings. The second kappa shape index (κ2) is 19.5. The largest absolute Gasteiger partial charge is 0.683 e. The van der Waals surface area contributed by atoms with Gasteiger partial charge in [-0.05, 0) is 116 Å². The van der Waals surface area contributed by atoms with Gasteiger partial charge in [0, 0.05) is 26.2 Å². The summed E-state index contributed by atoms with van der Waals surface area (Å²) in [6.45, 7) is 32.8. The summed E-state index contributed by atoms with van der Waals surface area (Å²) in [5.41, 5.74) is 18.0. The third-order valence-electron chi connectivity index (χ3n) is 8.72. The molecule has 4 aromatic rings. The van der Waals surface area contributed by atoms with Crippen LogP contribution in [0.25, 0.3) is 10.6 Å². The molecule has 3 nitrogen and oxygen atoms in total. The summed E-state index contributed by atoms with van der Waals surface area (Å²) in [6, 6.07) is 19.7. The number of hydrogen-bond donors (Lipinski definition) is 1. The van der Waals surface area contributed by atoms with Crippen molar-refractivity contribution in [1.82, 2.24) is 5.32 Å². The summed E-state index contributed by atoms with van der Waals surface area (Å²) in [5, 5.41) is 13.3. The Bertz CT molecular complexity index is 1270. The number of nitrogens with zero attached hydrogens (tertiary/aromatic N) is 2. The quantitative estimate of drug-likeness (QED) is 0.148. The van der Waals surface area contributed by atoms with Crippen LogP contribution in [-0.2, 0) is 26.2 Å². The molecule has 0 aromatic heterocycles. The molecule has 44 heavy (non-hydrogen) atoms. The molecule has 1 N–H and O–H groups in total. The van der Waals surface area contributed by atoms with Gasteiger partial charge >= 0.3 is 0 Å². The summed E-state index contributed by atoms with van der Waals surface area (Å²) in [4.78, 5) is 0. The molecule has 4 heteroatoms. The Balaban J connectivity index is 0.000000523. The van der Waals surface area contributed by atoms with Crippen LogP contribution in [0.4, 0.5) is 11.4 Å². The number of hydrogen-bond acceptors (Lipinski definition) is 1. The molecule has 0 aliphatic heterocycles. The topological polar surface area (TPSA) is 40.2 Å². The molecular formula is C40H53N3Zr-4. The van der Waals surface area contributed by atoms with E-state index in [2.05, 4.69) is 88.4 Å². The molecule has 4 aromatic carbocycles. The number of benzene rings is 4. The molecule has 0 saturated carbocycles. The Kier molecular flexibility index (Phi) is 17.3. The first-order valence-corrected chi connectivity index (χ1v) is 15.3. The molecule has 0 unspecified atom stereocenters. The van der Waals surface area contributed by atoms with Crippen LogP contribution in [0.15, 0.2) is 60.7 Å². The van der Waals surface area contributed by atoms with Crippen LogP contribution in [0.3, 0.4) is 0 Å². The van der Waals surface area contributed by atoms with Crippen molar-refractivity contribution >= 4 is 11.4 Å². The summed E-state index contributed by atoms with van der Waals surface area (Å²) in [7, 11) is 0. The average molecular weight is 667 g/mol. The Hall–Kier alpha value is -2.94. The van der Waals surface area contributed by atoms with Gasteiger partial charge in [0.1, 0.15) is 0 Å². The molecule has 4 rings (SSSR count). The third kappa shape index (κ3) is 11.2. The van der Waals surface area contributed by atoms with Gasteiger partial charge in [-0.25, -0.2) is 0 Å². The SMILES string of the molecule is Cc1c(C)c(C)c([N-]CCNCC[N-]c2c(C)c(C)c(C)c(C)c2C)c(C)c1C.[CH2-]c1ccccc1.[CH2-]c1ccccc1.[Zr]. The zero-order chi connectivity index (χ0) is 32.1. The molecule has 0 spiro atoms. The Morgan fingerprint density at radius 2 is 0.682 bits per heavy atom. The van der Waals surface area contributed by atoms with E-state index in [1.165, 1.54) is 67.0 Å². The molecular weight excluding hydrogens is 614 g/mol. The van der Waals surface area contributed by atoms with Crippen molar-refractivity contribution in [2.45, 2.75) is 69.2 Å². The van der Waals surface area contributed by atoms with Crippen molar-refractivity contribution in [1.29, 1.82) is 0 Å². The van der Waals surface area contributed by atoms with Crippen molar-refractivity contribution in [3.63, 3.8) is 0 Å². The monoisotopic (exact) mass is 665 g/mol. The zero-order valence-corrected chi connectivity index (χ0v) is 31.4. The van der Waals surface area contributed by atoms with Crippen LogP contribution < -0.4 is 5.32 Å². The van der Waals surface area contributed by atoms with Gasteiger partial charge in [-0.2, -0.15) is 49.2 Å². The zero-order valence-electron chi connectivity index (χ0n) is 28.9. The van der Waals surface area contributed by atoms with Crippen molar-refractivity contribution < 1.29 is 26.2 Å². The normalized spacial score (nSPS) is 10.0.